The number of nitrogens with zero attached hydrogens (tertiary/aromatic N) is 6. The maximum Gasteiger partial charge on any atom is 0.277 e. The van der Waals surface area contributed by atoms with E-state index in [4.69, 9.17) is 4.98 Å². The van der Waals surface area contributed by atoms with Gasteiger partial charge in [0.25, 0.3) is 22.8 Å². The Hall–Kier alpha value is -4.19. The van der Waals surface area contributed by atoms with Crippen LogP contribution < -0.4 is 5.56 Å². The third kappa shape index (κ3) is 4.60. The summed E-state index contributed by atoms with van der Waals surface area (Å²) in [6.45, 7) is 3.64. The Bertz CT molecular complexity index is 1350. The van der Waals surface area contributed by atoms with E-state index in [0.29, 0.717) is 49.3 Å². The molecule has 0 saturated carbocycles. The van der Waals surface area contributed by atoms with Gasteiger partial charge in [0.1, 0.15) is 5.82 Å². The number of amides is 1. The Morgan fingerprint density at radius 2 is 1.63 bits per heavy atom. The number of rotatable bonds is 6. The predicted octanol–water partition coefficient (Wildman–Crippen LogP) is 2.66. The summed E-state index contributed by atoms with van der Waals surface area (Å²) in [5.74, 6) is 0.144. The average Bonchev–Trinajstić information content (AvgIpc) is 2.87. The number of nitro groups is 2. The number of carbonyl (C=O) groups is 1. The summed E-state index contributed by atoms with van der Waals surface area (Å²) in [6, 6.07) is 10.0. The number of para-hydroxylation sites is 1. The summed E-state index contributed by atoms with van der Waals surface area (Å²) in [6.07, 6.45) is 0.698. The monoisotopic (exact) mass is 480 g/mol. The molecule has 12 heteroatoms. The zero-order chi connectivity index (χ0) is 25.3. The molecule has 4 rings (SSSR count). The van der Waals surface area contributed by atoms with Crippen molar-refractivity contribution in [1.29, 1.82) is 0 Å². The van der Waals surface area contributed by atoms with Crippen LogP contribution in [0.3, 0.4) is 0 Å². The molecule has 1 aliphatic heterocycles. The fourth-order valence-corrected chi connectivity index (χ4v) is 4.49. The molecule has 2 aromatic carbocycles. The van der Waals surface area contributed by atoms with Crippen LogP contribution in [0, 0.1) is 20.2 Å². The molecule has 0 spiro atoms. The highest BCUT2D eigenvalue weighted by atomic mass is 16.6. The Morgan fingerprint density at radius 1 is 1.03 bits per heavy atom. The fourth-order valence-electron chi connectivity index (χ4n) is 4.49. The molecule has 0 aliphatic carbocycles. The quantitative estimate of drug-likeness (QED) is 0.387. The molecule has 12 nitrogen and oxygen atoms in total. The first-order chi connectivity index (χ1) is 16.7. The number of aromatic nitrogens is 2. The van der Waals surface area contributed by atoms with Gasteiger partial charge in [-0.2, -0.15) is 0 Å². The van der Waals surface area contributed by atoms with Gasteiger partial charge in [-0.25, -0.2) is 4.98 Å². The van der Waals surface area contributed by atoms with E-state index in [2.05, 4.69) is 4.90 Å². The first kappa shape index (κ1) is 24.0. The number of carbonyl (C=O) groups excluding carboxylic acids is 1. The van der Waals surface area contributed by atoms with Crippen molar-refractivity contribution < 1.29 is 14.6 Å². The van der Waals surface area contributed by atoms with E-state index >= 15 is 0 Å². The lowest BCUT2D eigenvalue weighted by atomic mass is 10.1. The minimum atomic E-state index is -0.756. The third-order valence-corrected chi connectivity index (χ3v) is 6.32. The lowest BCUT2D eigenvalue weighted by molar-refractivity contribution is -0.394. The molecule has 35 heavy (non-hydrogen) atoms. The third-order valence-electron chi connectivity index (χ3n) is 6.32. The van der Waals surface area contributed by atoms with Gasteiger partial charge in [-0.15, -0.1) is 0 Å². The summed E-state index contributed by atoms with van der Waals surface area (Å²) in [7, 11) is 1.70. The second-order valence-electron chi connectivity index (χ2n) is 8.36. The van der Waals surface area contributed by atoms with Crippen LogP contribution in [0.1, 0.15) is 35.6 Å². The molecule has 182 valence electrons. The summed E-state index contributed by atoms with van der Waals surface area (Å²) in [4.78, 5) is 55.1. The molecule has 1 aromatic heterocycles. The van der Waals surface area contributed by atoms with Gasteiger partial charge in [0.05, 0.1) is 38.4 Å². The van der Waals surface area contributed by atoms with E-state index in [1.165, 1.54) is 4.90 Å². The van der Waals surface area contributed by atoms with E-state index in [9.17, 15) is 29.8 Å². The highest BCUT2D eigenvalue weighted by Crippen LogP contribution is 2.27. The van der Waals surface area contributed by atoms with E-state index < -0.39 is 27.1 Å². The normalized spacial score (nSPS) is 15.2. The number of non-ortho nitro benzene ring substituents is 2. The van der Waals surface area contributed by atoms with Crippen molar-refractivity contribution >= 4 is 28.2 Å². The van der Waals surface area contributed by atoms with E-state index in [1.807, 2.05) is 19.1 Å². The van der Waals surface area contributed by atoms with Crippen molar-refractivity contribution in [2.45, 2.75) is 19.4 Å². The molecule has 0 radical (unpaired) electrons. The first-order valence-electron chi connectivity index (χ1n) is 11.1. The standard InChI is InChI=1S/C23H24N6O6/c1-3-20(21-24-19-7-5-4-6-18(19)23(31)25(21)2)26-8-10-27(11-9-26)22(30)15-12-16(28(32)33)14-17(13-15)29(34)35/h4-7,12-14,20H,3,8-11H2,1-2H3. The number of piperazine rings is 1. The maximum atomic E-state index is 13.0. The van der Waals surface area contributed by atoms with Gasteiger partial charge in [0, 0.05) is 45.4 Å². The average molecular weight is 480 g/mol. The van der Waals surface area contributed by atoms with Crippen LogP contribution in [0.15, 0.2) is 47.3 Å². The number of hydrogen-bond acceptors (Lipinski definition) is 8. The molecular formula is C23H24N6O6. The van der Waals surface area contributed by atoms with Crippen molar-refractivity contribution in [3.8, 4) is 0 Å². The maximum absolute atomic E-state index is 13.0. The summed E-state index contributed by atoms with van der Waals surface area (Å²) in [5, 5.41) is 22.9. The molecule has 0 N–H and O–H groups in total. The van der Waals surface area contributed by atoms with Gasteiger partial charge in [-0.3, -0.25) is 39.3 Å². The van der Waals surface area contributed by atoms with Gasteiger partial charge in [-0.1, -0.05) is 19.1 Å². The molecule has 2 heterocycles. The molecule has 1 fully saturated rings. The predicted molar refractivity (Wildman–Crippen MR) is 127 cm³/mol. The number of nitro benzene ring substituents is 2. The zero-order valence-corrected chi connectivity index (χ0v) is 19.3. The molecule has 1 atom stereocenters. The Morgan fingerprint density at radius 3 is 2.20 bits per heavy atom. The van der Waals surface area contributed by atoms with Crippen LogP contribution in [0.2, 0.25) is 0 Å². The number of fused-ring (bicyclic) bond motifs is 1. The van der Waals surface area contributed by atoms with Crippen LogP contribution in [0.25, 0.3) is 10.9 Å². The second kappa shape index (κ2) is 9.58. The summed E-state index contributed by atoms with van der Waals surface area (Å²) < 4.78 is 1.57. The van der Waals surface area contributed by atoms with E-state index in [1.54, 1.807) is 23.7 Å². The lowest BCUT2D eigenvalue weighted by Crippen LogP contribution is -2.50. The van der Waals surface area contributed by atoms with Crippen molar-refractivity contribution in [1.82, 2.24) is 19.4 Å². The van der Waals surface area contributed by atoms with Gasteiger partial charge in [0.2, 0.25) is 0 Å². The van der Waals surface area contributed by atoms with Gasteiger partial charge in [-0.05, 0) is 18.6 Å². The first-order valence-corrected chi connectivity index (χ1v) is 11.1. The fraction of sp³-hybridized carbons (Fsp3) is 0.348. The topological polar surface area (TPSA) is 145 Å². The van der Waals surface area contributed by atoms with Crippen LogP contribution >= 0.6 is 0 Å². The van der Waals surface area contributed by atoms with Crippen LogP contribution in [-0.2, 0) is 7.05 Å². The molecule has 1 unspecified atom stereocenters. The van der Waals surface area contributed by atoms with Crippen molar-refractivity contribution in [2.24, 2.45) is 7.05 Å². The molecule has 1 amide bonds. The highest BCUT2D eigenvalue weighted by Gasteiger charge is 2.30. The number of benzene rings is 2. The van der Waals surface area contributed by atoms with E-state index in [0.717, 1.165) is 18.2 Å². The summed E-state index contributed by atoms with van der Waals surface area (Å²) in [5.41, 5.74) is -0.591. The van der Waals surface area contributed by atoms with Crippen molar-refractivity contribution in [2.75, 3.05) is 26.2 Å². The number of hydrogen-bond donors (Lipinski definition) is 0. The summed E-state index contributed by atoms with van der Waals surface area (Å²) >= 11 is 0. The largest absolute Gasteiger partial charge is 0.336 e. The minimum Gasteiger partial charge on any atom is -0.336 e. The van der Waals surface area contributed by atoms with Crippen LogP contribution in [0.4, 0.5) is 11.4 Å². The Kier molecular flexibility index (Phi) is 6.56. The van der Waals surface area contributed by atoms with Gasteiger partial charge < -0.3 is 4.90 Å². The molecule has 1 aliphatic rings. The molecule has 0 bridgehead atoms. The Labute approximate surface area is 199 Å². The van der Waals surface area contributed by atoms with Crippen LogP contribution in [-0.4, -0.2) is 61.3 Å². The SMILES string of the molecule is CCC(c1nc2ccccc2c(=O)n1C)N1CCN(C(=O)c2cc([N+](=O)[O-])cc([N+](=O)[O-])c2)CC1. The molecule has 1 saturated heterocycles. The molecular weight excluding hydrogens is 456 g/mol. The van der Waals surface area contributed by atoms with E-state index in [-0.39, 0.29) is 17.2 Å². The van der Waals surface area contributed by atoms with Gasteiger partial charge >= 0.3 is 0 Å². The Balaban J connectivity index is 1.55. The van der Waals surface area contributed by atoms with Crippen LogP contribution in [0.5, 0.6) is 0 Å². The van der Waals surface area contributed by atoms with Crippen molar-refractivity contribution in [3.05, 3.63) is 84.4 Å². The smallest absolute Gasteiger partial charge is 0.277 e. The lowest BCUT2D eigenvalue weighted by Gasteiger charge is -2.39. The van der Waals surface area contributed by atoms with Crippen molar-refractivity contribution in [3.63, 3.8) is 0 Å². The molecule has 3 aromatic rings. The highest BCUT2D eigenvalue weighted by molar-refractivity contribution is 5.95. The zero-order valence-electron chi connectivity index (χ0n) is 19.3. The van der Waals surface area contributed by atoms with Gasteiger partial charge in [0.15, 0.2) is 0 Å². The minimum absolute atomic E-state index is 0.0926. The second-order valence-corrected chi connectivity index (χ2v) is 8.36.